The molecule has 0 radical (unpaired) electrons. The Morgan fingerprint density at radius 2 is 0.767 bits per heavy atom. The molecule has 13 aromatic rings. The van der Waals surface area contributed by atoms with Crippen LogP contribution < -0.4 is 91.4 Å². The Morgan fingerprint density at radius 1 is 0.426 bits per heavy atom. The lowest BCUT2D eigenvalue weighted by atomic mass is 10.2. The molecule has 0 amide bonds. The zero-order valence-electron chi connectivity index (χ0n) is 83.3. The third kappa shape index (κ3) is 25.8. The van der Waals surface area contributed by atoms with Gasteiger partial charge >= 0.3 is 0 Å². The second-order valence-electron chi connectivity index (χ2n) is 36.8. The van der Waals surface area contributed by atoms with Gasteiger partial charge in [0.2, 0.25) is 11.4 Å². The highest BCUT2D eigenvalue weighted by Gasteiger charge is 2.36. The summed E-state index contributed by atoms with van der Waals surface area (Å²) < 4.78 is 64.4. The van der Waals surface area contributed by atoms with Gasteiger partial charge in [0.05, 0.1) is 156 Å². The molecule has 15 heterocycles. The Balaban J connectivity index is 0.000000323. The molecular formula is C91H155N31O6S. The number of rotatable bonds is 23. The number of nitrogen functional groups attached to an aromatic ring is 6. The molecule has 15 rings (SSSR count). The van der Waals surface area contributed by atoms with Crippen molar-refractivity contribution in [1.29, 1.82) is 0 Å². The van der Waals surface area contributed by atoms with Crippen LogP contribution >= 0.6 is 0 Å². The SMILES string of the molecule is CN(C)c1cccn2nc(N3CCC([N+](C)(C)C)C3)c(N)c12.CN(C)c1cccn2nc(OCCN3CCC([N+](C)(C)C)C3)c(N)c12.CN(C)c1cccn2nc(OCC[N+](C)(C)C)c(N)c12.CN(C)c1cccn2nc(OCCn3cc[n+](C)c3)c(N)c12.COc1nn2cccc([N+](C)(C)C)c2c1N.C[N+](C)(C)c1cccn2nc(S(C)(=O)=O)c(N)c12.[CH3-].[CH3-].[CH3-].[CH3-].[CH3-].[CH3-]. The smallest absolute Gasteiger partial charge is 0.257 e. The van der Waals surface area contributed by atoms with Crippen LogP contribution in [0.3, 0.4) is 0 Å². The van der Waals surface area contributed by atoms with Crippen LogP contribution in [0.1, 0.15) is 12.8 Å². The molecule has 0 bridgehead atoms. The number of pyridine rings is 6. The Bertz CT molecular complexity index is 5880. The molecule has 0 aromatic carbocycles. The maximum Gasteiger partial charge on any atom is 0.257 e. The van der Waals surface area contributed by atoms with Crippen LogP contribution in [0.15, 0.2) is 134 Å². The summed E-state index contributed by atoms with van der Waals surface area (Å²) >= 11 is 0. The standard InChI is InChI=1S/C18H31N6O.C16H27N6.C15H21N6O.C14H24N5O.C11H17N4O2S.C11H17N4O.6CH3/c1-21(2)15-7-6-9-23-17(15)16(19)18(20-23)25-12-11-22-10-8-14(13-22)24(3,4)5;1-19(2)13-7-6-9-21-15(13)14(17)16(18-21)20-10-8-12(11-20)22(3,4)5;1-18(2)12-5-4-6-21-14(12)13(16)15(17-21)22-10-9-20-8-7-19(3)11-20;1-17(2)11-7-6-8-18-13(11)12(15)14(16-18)20-10-9-19(3,4)5;1-15(2,3)8-6-5-7-14-10(8)9(12)11(13-14)18(4,16)17;1-15(2,3)8-6-5-7-14-10(8)9(12)11(13-14)16-4;;;;;;/h6-7,9,14H,8,10-13,19H2,1-5H3;6-7,9,12H,8,10-11,17H2,1-5H3;4-8,11H,9-10,16H2,1-3H3;6-8H,9-10,15H2,1-5H3;5-7H,12H2,1-4H3;5-7H,12H2,1-4H3;6*1H3/q6*+1;6*-1. The van der Waals surface area contributed by atoms with Gasteiger partial charge in [-0.25, -0.2) is 44.6 Å². The number of anilines is 11. The van der Waals surface area contributed by atoms with Gasteiger partial charge in [-0.15, -0.1) is 25.5 Å². The fourth-order valence-electron chi connectivity index (χ4n) is 14.8. The van der Waals surface area contributed by atoms with Crippen molar-refractivity contribution < 1.29 is 45.4 Å². The Kier molecular flexibility index (Phi) is 37.2. The number of imidazole rings is 1. The molecule has 2 atom stereocenters. The lowest BCUT2D eigenvalue weighted by Gasteiger charge is -2.31. The largest absolute Gasteiger partial charge is 0.478 e. The number of likely N-dealkylation sites (tertiary alicyclic amines) is 1. The van der Waals surface area contributed by atoms with Gasteiger partial charge in [0, 0.05) is 144 Å². The third-order valence-corrected chi connectivity index (χ3v) is 22.7. The molecular weight excluding hydrogens is 1660 g/mol. The molecule has 129 heavy (non-hydrogen) atoms. The second kappa shape index (κ2) is 43.9. The lowest BCUT2D eigenvalue weighted by Crippen LogP contribution is -2.46. The van der Waals surface area contributed by atoms with E-state index < -0.39 is 9.84 Å². The van der Waals surface area contributed by atoms with Gasteiger partial charge in [0.15, 0.2) is 38.1 Å². The summed E-state index contributed by atoms with van der Waals surface area (Å²) in [7, 11) is 48.3. The quantitative estimate of drug-likeness (QED) is 0.0198. The summed E-state index contributed by atoms with van der Waals surface area (Å²) in [4.78, 5) is 12.9. The molecule has 0 aliphatic carbocycles. The van der Waals surface area contributed by atoms with Crippen molar-refractivity contribution in [2.24, 2.45) is 7.05 Å². The molecule has 2 aliphatic rings. The number of hydrogen-bond acceptors (Lipinski definition) is 24. The number of quaternary nitrogens is 5. The second-order valence-corrected chi connectivity index (χ2v) is 38.7. The first-order valence-electron chi connectivity index (χ1n) is 41.0. The van der Waals surface area contributed by atoms with Gasteiger partial charge in [-0.3, -0.25) is 13.9 Å². The predicted octanol–water partition coefficient (Wildman–Crippen LogP) is 8.50. The zero-order valence-corrected chi connectivity index (χ0v) is 84.1. The van der Waals surface area contributed by atoms with Crippen molar-refractivity contribution in [3.05, 3.63) is 173 Å². The van der Waals surface area contributed by atoms with E-state index in [9.17, 15) is 8.42 Å². The first kappa shape index (κ1) is 109. The molecule has 0 spiro atoms. The Morgan fingerprint density at radius 3 is 1.12 bits per heavy atom. The summed E-state index contributed by atoms with van der Waals surface area (Å²) in [5.41, 5.74) is 51.9. The Hall–Kier alpha value is -11.9. The number of ether oxygens (including phenoxy) is 4. The number of likely N-dealkylation sites (N-methyl/N-ethyl adjacent to an activating group) is 3. The fraction of sp³-hybridized carbons (Fsp3) is 0.440. The van der Waals surface area contributed by atoms with E-state index in [4.69, 9.17) is 58.4 Å². The van der Waals surface area contributed by atoms with Crippen LogP contribution in [0.2, 0.25) is 0 Å². The number of aromatic nitrogens is 14. The van der Waals surface area contributed by atoms with Crippen LogP contribution in [0.25, 0.3) is 33.1 Å². The number of nitrogens with zero attached hydrogens (tertiary/aromatic N) is 25. The van der Waals surface area contributed by atoms with E-state index in [-0.39, 0.29) is 55.3 Å². The van der Waals surface area contributed by atoms with Crippen molar-refractivity contribution in [2.75, 3.05) is 293 Å². The number of nitrogens with two attached hydrogens (primary N) is 6. The lowest BCUT2D eigenvalue weighted by molar-refractivity contribution is -0.893. The van der Waals surface area contributed by atoms with Crippen LogP contribution in [0.4, 0.5) is 74.1 Å². The predicted molar refractivity (Wildman–Crippen MR) is 539 cm³/mol. The van der Waals surface area contributed by atoms with E-state index in [1.54, 1.807) is 31.4 Å². The average molecular weight is 1810 g/mol. The molecule has 2 aliphatic heterocycles. The first-order valence-corrected chi connectivity index (χ1v) is 42.9. The molecule has 2 unspecified atom stereocenters. The van der Waals surface area contributed by atoms with Crippen LogP contribution in [0.5, 0.6) is 23.5 Å². The van der Waals surface area contributed by atoms with Gasteiger partial charge in [-0.1, -0.05) is 0 Å². The fourth-order valence-corrected chi connectivity index (χ4v) is 15.5. The summed E-state index contributed by atoms with van der Waals surface area (Å²) in [5.74, 6) is 2.90. The molecule has 716 valence electrons. The van der Waals surface area contributed by atoms with Crippen LogP contribution in [-0.2, 0) is 23.4 Å². The van der Waals surface area contributed by atoms with Crippen LogP contribution in [0, 0.1) is 44.6 Å². The first-order chi connectivity index (χ1) is 57.5. The van der Waals surface area contributed by atoms with Gasteiger partial charge in [-0.05, 0) is 60.7 Å². The number of sulfone groups is 1. The van der Waals surface area contributed by atoms with Gasteiger partial charge in [-0.2, -0.15) is 5.10 Å². The van der Waals surface area contributed by atoms with Crippen molar-refractivity contribution >= 4 is 117 Å². The van der Waals surface area contributed by atoms with Gasteiger partial charge < -0.3 is 136 Å². The van der Waals surface area contributed by atoms with E-state index in [0.29, 0.717) is 92.7 Å². The maximum atomic E-state index is 11.6. The summed E-state index contributed by atoms with van der Waals surface area (Å²) in [6.07, 6.45) is 20.7. The van der Waals surface area contributed by atoms with Crippen LogP contribution in [-0.4, -0.2) is 336 Å². The number of fused-ring (bicyclic) bond motifs is 6. The highest BCUT2D eigenvalue weighted by Crippen LogP contribution is 2.39. The molecule has 37 nitrogen and oxygen atoms in total. The van der Waals surface area contributed by atoms with Crippen molar-refractivity contribution in [3.8, 4) is 23.5 Å². The zero-order chi connectivity index (χ0) is 90.5. The summed E-state index contributed by atoms with van der Waals surface area (Å²) in [6, 6.07) is 25.1. The van der Waals surface area contributed by atoms with E-state index in [0.717, 1.165) is 139 Å². The monoisotopic (exact) mass is 1810 g/mol. The van der Waals surface area contributed by atoms with E-state index >= 15 is 0 Å². The number of methoxy groups -OCH3 is 1. The minimum Gasteiger partial charge on any atom is -0.478 e. The molecule has 12 N–H and O–H groups in total. The minimum atomic E-state index is -3.42. The third-order valence-electron chi connectivity index (χ3n) is 21.7. The topological polar surface area (TPSA) is 359 Å². The highest BCUT2D eigenvalue weighted by molar-refractivity contribution is 7.90. The molecule has 0 saturated carbocycles. The molecule has 2 fully saturated rings. The highest BCUT2D eigenvalue weighted by atomic mass is 32.2. The average Bonchev–Trinajstić information content (AvgIpc) is 1.62. The number of aryl methyl sites for hydroxylation is 1. The maximum absolute atomic E-state index is 11.6. The van der Waals surface area contributed by atoms with E-state index in [1.807, 2.05) is 225 Å². The molecule has 38 heteroatoms. The number of hydrogen-bond donors (Lipinski definition) is 6. The van der Waals surface area contributed by atoms with Crippen molar-refractivity contribution in [3.63, 3.8) is 0 Å². The minimum absolute atomic E-state index is 0. The van der Waals surface area contributed by atoms with Crippen molar-refractivity contribution in [2.45, 2.75) is 36.5 Å². The molecule has 2 saturated heterocycles. The van der Waals surface area contributed by atoms with Gasteiger partial charge in [0.25, 0.3) is 23.5 Å². The normalized spacial score (nSPS) is 14.0. The summed E-state index contributed by atoms with van der Waals surface area (Å²) in [6.45, 7) is 8.55. The molecule has 13 aromatic heterocycles. The van der Waals surface area contributed by atoms with E-state index in [2.05, 4.69) is 135 Å². The van der Waals surface area contributed by atoms with E-state index in [1.165, 1.54) is 17.4 Å². The van der Waals surface area contributed by atoms with Crippen molar-refractivity contribution in [1.82, 2.24) is 76.1 Å². The van der Waals surface area contributed by atoms with Gasteiger partial charge in [0.1, 0.15) is 114 Å². The Labute approximate surface area is 768 Å². The summed E-state index contributed by atoms with van der Waals surface area (Å²) in [5, 5.41) is 26.3.